The lowest BCUT2D eigenvalue weighted by atomic mass is 10.4. The molecule has 2 aromatic rings. The van der Waals surface area contributed by atoms with E-state index in [2.05, 4.69) is 15.0 Å². The Bertz CT molecular complexity index is 635. The number of thiazole rings is 1. The van der Waals surface area contributed by atoms with Crippen LogP contribution in [0.25, 0.3) is 0 Å². The number of rotatable bonds is 7. The first-order chi connectivity index (χ1) is 9.54. The van der Waals surface area contributed by atoms with Gasteiger partial charge in [0.1, 0.15) is 5.01 Å². The molecule has 1 unspecified atom stereocenters. The molecule has 2 N–H and O–H groups in total. The van der Waals surface area contributed by atoms with Gasteiger partial charge in [0, 0.05) is 23.0 Å². The molecule has 0 spiro atoms. The van der Waals surface area contributed by atoms with Crippen LogP contribution in [-0.2, 0) is 16.6 Å². The highest BCUT2D eigenvalue weighted by atomic mass is 32.2. The van der Waals surface area contributed by atoms with Crippen molar-refractivity contribution in [2.75, 3.05) is 6.54 Å². The maximum atomic E-state index is 12.4. The van der Waals surface area contributed by atoms with Crippen molar-refractivity contribution in [1.29, 1.82) is 0 Å². The zero-order valence-corrected chi connectivity index (χ0v) is 13.7. The molecule has 2 aromatic heterocycles. The van der Waals surface area contributed by atoms with Gasteiger partial charge in [-0.3, -0.25) is 0 Å². The third-order valence-electron chi connectivity index (χ3n) is 2.68. The molecular formula is C12H17N3O2S3. The molecule has 0 saturated heterocycles. The quantitative estimate of drug-likeness (QED) is 0.817. The molecule has 0 bridgehead atoms. The van der Waals surface area contributed by atoms with E-state index in [1.54, 1.807) is 24.6 Å². The number of hydrogen-bond donors (Lipinski definition) is 2. The van der Waals surface area contributed by atoms with E-state index in [1.807, 2.05) is 12.3 Å². The summed E-state index contributed by atoms with van der Waals surface area (Å²) >= 11 is 2.89. The summed E-state index contributed by atoms with van der Waals surface area (Å²) < 4.78 is 27.5. The minimum absolute atomic E-state index is 0.327. The summed E-state index contributed by atoms with van der Waals surface area (Å²) in [5, 5.41) is 7.55. The summed E-state index contributed by atoms with van der Waals surface area (Å²) in [6.07, 6.45) is 1.67. The molecule has 8 heteroatoms. The smallest absolute Gasteiger partial charge is 0.242 e. The van der Waals surface area contributed by atoms with Gasteiger partial charge in [-0.25, -0.2) is 18.1 Å². The summed E-state index contributed by atoms with van der Waals surface area (Å²) in [5.41, 5.74) is 0. The van der Waals surface area contributed by atoms with Gasteiger partial charge in [0.25, 0.3) is 0 Å². The highest BCUT2D eigenvalue weighted by Crippen LogP contribution is 2.24. The fourth-order valence-electron chi connectivity index (χ4n) is 1.73. The van der Waals surface area contributed by atoms with Crippen molar-refractivity contribution in [3.63, 3.8) is 0 Å². The molecule has 0 aromatic carbocycles. The van der Waals surface area contributed by atoms with Gasteiger partial charge < -0.3 is 5.32 Å². The number of thiophene rings is 1. The van der Waals surface area contributed by atoms with Gasteiger partial charge in [-0.2, -0.15) is 0 Å². The Hall–Kier alpha value is -0.800. The second-order valence-electron chi connectivity index (χ2n) is 4.20. The highest BCUT2D eigenvalue weighted by Gasteiger charge is 2.23. The van der Waals surface area contributed by atoms with Crippen LogP contribution in [0.5, 0.6) is 0 Å². The van der Waals surface area contributed by atoms with Gasteiger partial charge in [-0.05, 0) is 24.9 Å². The van der Waals surface area contributed by atoms with Crippen LogP contribution in [0.15, 0.2) is 27.9 Å². The average molecular weight is 331 g/mol. The summed E-state index contributed by atoms with van der Waals surface area (Å²) in [7, 11) is -3.52. The Morgan fingerprint density at radius 3 is 2.80 bits per heavy atom. The van der Waals surface area contributed by atoms with Gasteiger partial charge in [0.2, 0.25) is 10.0 Å². The molecule has 110 valence electrons. The van der Waals surface area contributed by atoms with Crippen molar-refractivity contribution in [3.8, 4) is 0 Å². The number of aromatic nitrogens is 1. The molecule has 0 aliphatic carbocycles. The average Bonchev–Trinajstić information content (AvgIpc) is 3.07. The van der Waals surface area contributed by atoms with Crippen molar-refractivity contribution in [2.45, 2.75) is 31.3 Å². The van der Waals surface area contributed by atoms with Crippen LogP contribution in [0, 0.1) is 0 Å². The number of hydrogen-bond acceptors (Lipinski definition) is 6. The summed E-state index contributed by atoms with van der Waals surface area (Å²) in [6, 6.07) is 1.32. The number of sulfonamides is 1. The fraction of sp³-hybridized carbons (Fsp3) is 0.417. The zero-order valence-electron chi connectivity index (χ0n) is 11.3. The van der Waals surface area contributed by atoms with Gasteiger partial charge in [0.15, 0.2) is 0 Å². The van der Waals surface area contributed by atoms with E-state index in [-0.39, 0.29) is 6.04 Å². The minimum atomic E-state index is -3.52. The predicted octanol–water partition coefficient (Wildman–Crippen LogP) is 2.35. The van der Waals surface area contributed by atoms with Crippen LogP contribution in [0.2, 0.25) is 0 Å². The Balaban J connectivity index is 2.16. The Morgan fingerprint density at radius 2 is 2.15 bits per heavy atom. The third kappa shape index (κ3) is 3.64. The molecule has 5 nitrogen and oxygen atoms in total. The van der Waals surface area contributed by atoms with Crippen LogP contribution in [0.3, 0.4) is 0 Å². The molecule has 1 atom stereocenters. The van der Waals surface area contributed by atoms with Crippen molar-refractivity contribution >= 4 is 32.7 Å². The monoisotopic (exact) mass is 331 g/mol. The van der Waals surface area contributed by atoms with E-state index < -0.39 is 10.0 Å². The maximum Gasteiger partial charge on any atom is 0.242 e. The van der Waals surface area contributed by atoms with E-state index >= 15 is 0 Å². The van der Waals surface area contributed by atoms with Crippen molar-refractivity contribution in [3.05, 3.63) is 32.9 Å². The van der Waals surface area contributed by atoms with Crippen LogP contribution in [-0.4, -0.2) is 19.9 Å². The predicted molar refractivity (Wildman–Crippen MR) is 82.6 cm³/mol. The van der Waals surface area contributed by atoms with Gasteiger partial charge in [0.05, 0.1) is 10.9 Å². The normalized spacial score (nSPS) is 13.5. The van der Waals surface area contributed by atoms with Crippen LogP contribution >= 0.6 is 22.7 Å². The lowest BCUT2D eigenvalue weighted by Crippen LogP contribution is -2.27. The Kier molecular flexibility index (Phi) is 5.28. The van der Waals surface area contributed by atoms with Crippen LogP contribution < -0.4 is 10.0 Å². The fourth-order valence-corrected chi connectivity index (χ4v) is 5.07. The zero-order chi connectivity index (χ0) is 14.6. The van der Waals surface area contributed by atoms with E-state index in [0.717, 1.165) is 16.4 Å². The molecule has 0 aliphatic heterocycles. The first-order valence-corrected chi connectivity index (χ1v) is 9.47. The molecule has 2 heterocycles. The molecule has 20 heavy (non-hydrogen) atoms. The molecular weight excluding hydrogens is 314 g/mol. The molecule has 0 saturated carbocycles. The van der Waals surface area contributed by atoms with Crippen LogP contribution in [0.1, 0.15) is 29.8 Å². The molecule has 0 radical (unpaired) electrons. The largest absolute Gasteiger partial charge is 0.312 e. The Morgan fingerprint density at radius 1 is 1.35 bits per heavy atom. The summed E-state index contributed by atoms with van der Waals surface area (Å²) in [6.45, 7) is 5.16. The van der Waals surface area contributed by atoms with Crippen molar-refractivity contribution < 1.29 is 8.42 Å². The molecule has 0 fully saturated rings. The van der Waals surface area contributed by atoms with Crippen molar-refractivity contribution in [1.82, 2.24) is 15.0 Å². The van der Waals surface area contributed by atoms with E-state index in [9.17, 15) is 8.42 Å². The topological polar surface area (TPSA) is 71.1 Å². The van der Waals surface area contributed by atoms with E-state index in [4.69, 9.17) is 0 Å². The first kappa shape index (κ1) is 15.6. The molecule has 2 rings (SSSR count). The minimum Gasteiger partial charge on any atom is -0.312 e. The first-order valence-electron chi connectivity index (χ1n) is 6.23. The second-order valence-corrected chi connectivity index (χ2v) is 7.81. The lowest BCUT2D eigenvalue weighted by molar-refractivity contribution is 0.565. The van der Waals surface area contributed by atoms with Gasteiger partial charge in [-0.1, -0.05) is 6.92 Å². The SMILES string of the molecule is CCNCc1sccc1S(=O)(=O)NC(C)c1nccs1. The van der Waals surface area contributed by atoms with E-state index in [1.165, 1.54) is 22.7 Å². The Labute approximate surface area is 127 Å². The third-order valence-corrected chi connectivity index (χ3v) is 6.32. The van der Waals surface area contributed by atoms with Crippen molar-refractivity contribution in [2.24, 2.45) is 0 Å². The standard InChI is InChI=1S/C12H17N3O2S3/c1-3-13-8-10-11(4-6-18-10)20(16,17)15-9(2)12-14-5-7-19-12/h4-7,9,13,15H,3,8H2,1-2H3. The van der Waals surface area contributed by atoms with Gasteiger partial charge >= 0.3 is 0 Å². The van der Waals surface area contributed by atoms with Crippen LogP contribution in [0.4, 0.5) is 0 Å². The molecule has 0 aliphatic rings. The molecule has 0 amide bonds. The maximum absolute atomic E-state index is 12.4. The number of nitrogens with zero attached hydrogens (tertiary/aromatic N) is 1. The van der Waals surface area contributed by atoms with E-state index in [0.29, 0.717) is 11.4 Å². The highest BCUT2D eigenvalue weighted by molar-refractivity contribution is 7.89. The number of nitrogens with one attached hydrogen (secondary N) is 2. The lowest BCUT2D eigenvalue weighted by Gasteiger charge is -2.12. The summed E-state index contributed by atoms with van der Waals surface area (Å²) in [4.78, 5) is 5.31. The second kappa shape index (κ2) is 6.77. The van der Waals surface area contributed by atoms with Gasteiger partial charge in [-0.15, -0.1) is 22.7 Å². The summed E-state index contributed by atoms with van der Waals surface area (Å²) in [5.74, 6) is 0.